The number of phosphoric ester groups is 1. The highest BCUT2D eigenvalue weighted by molar-refractivity contribution is 7.47. The molecule has 0 aliphatic heterocycles. The van der Waals surface area contributed by atoms with Gasteiger partial charge in [-0.15, -0.1) is 0 Å². The second-order valence-corrected chi connectivity index (χ2v) is 15.6. The maximum absolute atomic E-state index is 12.6. The van der Waals surface area contributed by atoms with Gasteiger partial charge in [0.25, 0.3) is 0 Å². The Morgan fingerprint density at radius 3 is 1.42 bits per heavy atom. The van der Waals surface area contributed by atoms with Gasteiger partial charge >= 0.3 is 25.7 Å². The van der Waals surface area contributed by atoms with Crippen molar-refractivity contribution in [2.24, 2.45) is 5.73 Å². The zero-order valence-corrected chi connectivity index (χ0v) is 34.3. The SMILES string of the molecule is CCCCC/C=C/CCCCCCCC(=O)OC[C@H](COP(=O)(O)OC[C@H](N)C(=O)O)OC(=O)CCCCCCCCCCC/C=C/CCCCCC. The van der Waals surface area contributed by atoms with Crippen LogP contribution in [0.5, 0.6) is 0 Å². The van der Waals surface area contributed by atoms with E-state index in [9.17, 15) is 23.8 Å². The summed E-state index contributed by atoms with van der Waals surface area (Å²) in [6, 6.07) is -1.52. The molecule has 53 heavy (non-hydrogen) atoms. The molecule has 0 bridgehead atoms. The molecule has 0 aromatic heterocycles. The lowest BCUT2D eigenvalue weighted by Gasteiger charge is -2.20. The summed E-state index contributed by atoms with van der Waals surface area (Å²) < 4.78 is 32.6. The summed E-state index contributed by atoms with van der Waals surface area (Å²) in [7, 11) is -4.71. The van der Waals surface area contributed by atoms with E-state index < -0.39 is 51.1 Å². The van der Waals surface area contributed by atoms with E-state index in [1.807, 2.05) is 0 Å². The van der Waals surface area contributed by atoms with Crippen LogP contribution in [0.4, 0.5) is 0 Å². The second-order valence-electron chi connectivity index (χ2n) is 14.1. The summed E-state index contributed by atoms with van der Waals surface area (Å²) in [6.07, 6.45) is 36.7. The lowest BCUT2D eigenvalue weighted by molar-refractivity contribution is -0.161. The fourth-order valence-electron chi connectivity index (χ4n) is 5.58. The summed E-state index contributed by atoms with van der Waals surface area (Å²) in [5, 5.41) is 8.87. The lowest BCUT2D eigenvalue weighted by atomic mass is 10.1. The average molecular weight is 774 g/mol. The maximum Gasteiger partial charge on any atom is 0.472 e. The average Bonchev–Trinajstić information content (AvgIpc) is 3.13. The number of carbonyl (C=O) groups excluding carboxylic acids is 2. The predicted octanol–water partition coefficient (Wildman–Crippen LogP) is 10.7. The number of aliphatic carboxylic acids is 1. The highest BCUT2D eigenvalue weighted by Crippen LogP contribution is 2.43. The quantitative estimate of drug-likeness (QED) is 0.0235. The molecule has 310 valence electrons. The monoisotopic (exact) mass is 774 g/mol. The van der Waals surface area contributed by atoms with Gasteiger partial charge in [0, 0.05) is 12.8 Å². The number of hydrogen-bond donors (Lipinski definition) is 3. The molecule has 0 radical (unpaired) electrons. The van der Waals surface area contributed by atoms with Crippen LogP contribution in [-0.4, -0.2) is 59.9 Å². The molecule has 4 N–H and O–H groups in total. The molecule has 0 amide bonds. The minimum atomic E-state index is -4.71. The van der Waals surface area contributed by atoms with Crippen molar-refractivity contribution in [1.29, 1.82) is 0 Å². The number of hydrogen-bond acceptors (Lipinski definition) is 9. The maximum atomic E-state index is 12.6. The molecule has 0 rings (SSSR count). The number of carboxylic acid groups (broad SMARTS) is 1. The van der Waals surface area contributed by atoms with Crippen LogP contribution < -0.4 is 5.73 Å². The molecule has 0 saturated heterocycles. The van der Waals surface area contributed by atoms with Crippen LogP contribution >= 0.6 is 7.82 Å². The van der Waals surface area contributed by atoms with Gasteiger partial charge in [-0.25, -0.2) is 4.57 Å². The van der Waals surface area contributed by atoms with E-state index in [0.717, 1.165) is 57.8 Å². The van der Waals surface area contributed by atoms with Gasteiger partial charge in [-0.2, -0.15) is 0 Å². The number of allylic oxidation sites excluding steroid dienone is 4. The lowest BCUT2D eigenvalue weighted by Crippen LogP contribution is -2.34. The Morgan fingerprint density at radius 2 is 0.943 bits per heavy atom. The van der Waals surface area contributed by atoms with Gasteiger partial charge in [0.05, 0.1) is 13.2 Å². The number of phosphoric acid groups is 1. The summed E-state index contributed by atoms with van der Waals surface area (Å²) in [5.74, 6) is -2.39. The van der Waals surface area contributed by atoms with Crippen LogP contribution in [0.1, 0.15) is 187 Å². The molecule has 0 saturated carbocycles. The van der Waals surface area contributed by atoms with Crippen molar-refractivity contribution < 1.29 is 47.5 Å². The molecular weight excluding hydrogens is 697 g/mol. The van der Waals surface area contributed by atoms with Crippen molar-refractivity contribution in [3.63, 3.8) is 0 Å². The number of ether oxygens (including phenoxy) is 2. The standard InChI is InChI=1S/C41H76NO10P/c1-3-5-7-9-11-13-15-17-18-19-20-21-23-25-27-29-31-33-40(44)52-37(35-50-53(47,48)51-36-38(42)41(45)46)34-49-39(43)32-30-28-26-24-22-16-14-12-10-8-6-4-2/h12-15,37-38H,3-11,16-36,42H2,1-2H3,(H,45,46)(H,47,48)/b14-12+,15-13+/t37-,38+/m1/s1. The highest BCUT2D eigenvalue weighted by atomic mass is 31.2. The van der Waals surface area contributed by atoms with Gasteiger partial charge < -0.3 is 25.2 Å². The van der Waals surface area contributed by atoms with Crippen LogP contribution in [0, 0.1) is 0 Å². The summed E-state index contributed by atoms with van der Waals surface area (Å²) >= 11 is 0. The third-order valence-electron chi connectivity index (χ3n) is 8.92. The van der Waals surface area contributed by atoms with E-state index in [1.54, 1.807) is 0 Å². The molecule has 0 heterocycles. The number of carboxylic acids is 1. The normalized spacial score (nSPS) is 14.0. The van der Waals surface area contributed by atoms with Crippen molar-refractivity contribution in [2.45, 2.75) is 199 Å². The first kappa shape index (κ1) is 51.0. The van der Waals surface area contributed by atoms with Crippen molar-refractivity contribution in [3.05, 3.63) is 24.3 Å². The van der Waals surface area contributed by atoms with Crippen molar-refractivity contribution >= 4 is 25.7 Å². The Hall–Kier alpha value is -2.04. The minimum Gasteiger partial charge on any atom is -0.480 e. The molecule has 1 unspecified atom stereocenters. The number of unbranched alkanes of at least 4 members (excludes halogenated alkanes) is 21. The number of rotatable bonds is 39. The van der Waals surface area contributed by atoms with Crippen LogP contribution in [0.15, 0.2) is 24.3 Å². The number of nitrogens with two attached hydrogens (primary N) is 1. The first-order valence-corrected chi connectivity index (χ1v) is 22.4. The van der Waals surface area contributed by atoms with Crippen LogP contribution in [-0.2, 0) is 37.5 Å². The zero-order chi connectivity index (χ0) is 39.3. The smallest absolute Gasteiger partial charge is 0.472 e. The molecule has 11 nitrogen and oxygen atoms in total. The topological polar surface area (TPSA) is 172 Å². The third kappa shape index (κ3) is 36.7. The number of esters is 2. The highest BCUT2D eigenvalue weighted by Gasteiger charge is 2.28. The van der Waals surface area contributed by atoms with E-state index in [-0.39, 0.29) is 19.4 Å². The van der Waals surface area contributed by atoms with E-state index in [4.69, 9.17) is 24.8 Å². The summed E-state index contributed by atoms with van der Waals surface area (Å²) in [5.41, 5.74) is 5.32. The number of carbonyl (C=O) groups is 3. The second kappa shape index (κ2) is 36.9. The molecule has 0 aliphatic rings. The van der Waals surface area contributed by atoms with Crippen molar-refractivity contribution in [1.82, 2.24) is 0 Å². The zero-order valence-electron chi connectivity index (χ0n) is 33.4. The first-order valence-electron chi connectivity index (χ1n) is 20.9. The molecule has 0 aliphatic carbocycles. The molecule has 0 aromatic carbocycles. The first-order chi connectivity index (χ1) is 25.6. The van der Waals surface area contributed by atoms with E-state index in [0.29, 0.717) is 12.8 Å². The Labute approximate surface area is 321 Å². The molecule has 3 atom stereocenters. The van der Waals surface area contributed by atoms with Crippen LogP contribution in [0.2, 0.25) is 0 Å². The van der Waals surface area contributed by atoms with Gasteiger partial charge in [-0.3, -0.25) is 23.4 Å². The van der Waals surface area contributed by atoms with Crippen molar-refractivity contribution in [3.8, 4) is 0 Å². The van der Waals surface area contributed by atoms with Gasteiger partial charge in [-0.05, 0) is 64.2 Å². The van der Waals surface area contributed by atoms with E-state index in [2.05, 4.69) is 42.7 Å². The minimum absolute atomic E-state index is 0.159. The largest absolute Gasteiger partial charge is 0.480 e. The Morgan fingerprint density at radius 1 is 0.566 bits per heavy atom. The Bertz CT molecular complexity index is 1010. The fraction of sp³-hybridized carbons (Fsp3) is 0.829. The molecular formula is C41H76NO10P. The van der Waals surface area contributed by atoms with Gasteiger partial charge in [-0.1, -0.05) is 134 Å². The van der Waals surface area contributed by atoms with Crippen LogP contribution in [0.25, 0.3) is 0 Å². The summed E-state index contributed by atoms with van der Waals surface area (Å²) in [4.78, 5) is 45.8. The van der Waals surface area contributed by atoms with Gasteiger partial charge in [0.1, 0.15) is 12.6 Å². The van der Waals surface area contributed by atoms with E-state index in [1.165, 1.54) is 89.9 Å². The molecule has 0 aromatic rings. The molecule has 0 fully saturated rings. The van der Waals surface area contributed by atoms with Crippen molar-refractivity contribution in [2.75, 3.05) is 19.8 Å². The van der Waals surface area contributed by atoms with Gasteiger partial charge in [0.2, 0.25) is 0 Å². The Balaban J connectivity index is 4.37. The molecule has 12 heteroatoms. The van der Waals surface area contributed by atoms with Crippen LogP contribution in [0.3, 0.4) is 0 Å². The summed E-state index contributed by atoms with van der Waals surface area (Å²) in [6.45, 7) is 2.75. The predicted molar refractivity (Wildman–Crippen MR) is 212 cm³/mol. The fourth-order valence-corrected chi connectivity index (χ4v) is 6.36. The third-order valence-corrected chi connectivity index (χ3v) is 9.87. The van der Waals surface area contributed by atoms with Gasteiger partial charge in [0.15, 0.2) is 6.10 Å². The van der Waals surface area contributed by atoms with E-state index >= 15 is 0 Å². The Kier molecular flexibility index (Phi) is 35.5. The molecule has 0 spiro atoms.